The molecule has 132 valence electrons. The van der Waals surface area contributed by atoms with E-state index in [1.54, 1.807) is 53.9 Å². The first-order valence-electron chi connectivity index (χ1n) is 8.03. The Morgan fingerprint density at radius 1 is 1.08 bits per heavy atom. The van der Waals surface area contributed by atoms with Crippen molar-refractivity contribution in [2.75, 3.05) is 0 Å². The molecule has 2 aromatic carbocycles. The van der Waals surface area contributed by atoms with Gasteiger partial charge in [0.1, 0.15) is 16.6 Å². The first-order valence-corrected chi connectivity index (χ1v) is 8.91. The van der Waals surface area contributed by atoms with Gasteiger partial charge in [0.15, 0.2) is 0 Å². The quantitative estimate of drug-likeness (QED) is 0.673. The summed E-state index contributed by atoms with van der Waals surface area (Å²) in [5, 5.41) is 11.6. The van der Waals surface area contributed by atoms with Gasteiger partial charge >= 0.3 is 5.97 Å². The van der Waals surface area contributed by atoms with E-state index >= 15 is 0 Å². The number of halogens is 1. The van der Waals surface area contributed by atoms with Crippen LogP contribution < -0.4 is 0 Å². The highest BCUT2D eigenvalue weighted by atomic mass is 32.1. The van der Waals surface area contributed by atoms with Gasteiger partial charge in [-0.1, -0.05) is 42.5 Å². The highest BCUT2D eigenvalue weighted by Gasteiger charge is 2.23. The summed E-state index contributed by atoms with van der Waals surface area (Å²) in [7, 11) is 0. The molecule has 1 aromatic heterocycles. The summed E-state index contributed by atoms with van der Waals surface area (Å²) in [5.74, 6) is -2.50. The van der Waals surface area contributed by atoms with Gasteiger partial charge in [0.05, 0.1) is 11.6 Å². The molecule has 1 heterocycles. The van der Waals surface area contributed by atoms with Gasteiger partial charge in [-0.15, -0.1) is 11.3 Å². The third-order valence-electron chi connectivity index (χ3n) is 3.97. The number of carbonyl (C=O) groups excluding carboxylic acids is 1. The number of aromatic nitrogens is 1. The Balaban J connectivity index is 1.70. The van der Waals surface area contributed by atoms with Crippen LogP contribution in [0, 0.1) is 5.82 Å². The third kappa shape index (κ3) is 4.21. The zero-order valence-corrected chi connectivity index (χ0v) is 14.6. The Kier molecular flexibility index (Phi) is 5.53. The molecule has 0 fully saturated rings. The number of aliphatic carboxylic acids is 1. The zero-order valence-electron chi connectivity index (χ0n) is 13.8. The van der Waals surface area contributed by atoms with Crippen LogP contribution in [0.25, 0.3) is 10.6 Å². The minimum absolute atomic E-state index is 0.0293. The topological polar surface area (TPSA) is 67.3 Å². The molecule has 1 N–H and O–H groups in total. The largest absolute Gasteiger partial charge is 0.481 e. The van der Waals surface area contributed by atoms with Crippen molar-refractivity contribution in [2.24, 2.45) is 0 Å². The number of carbonyl (C=O) groups is 2. The normalized spacial score (nSPS) is 11.9. The lowest BCUT2D eigenvalue weighted by molar-refractivity contribution is -0.140. The average Bonchev–Trinajstić information content (AvgIpc) is 3.08. The molecule has 0 unspecified atom stereocenters. The van der Waals surface area contributed by atoms with Gasteiger partial charge in [-0.2, -0.15) is 0 Å². The minimum atomic E-state index is -1.03. The monoisotopic (exact) mass is 369 g/mol. The van der Waals surface area contributed by atoms with E-state index in [1.807, 2.05) is 0 Å². The second-order valence-corrected chi connectivity index (χ2v) is 6.70. The van der Waals surface area contributed by atoms with Gasteiger partial charge in [0.2, 0.25) is 0 Å². The van der Waals surface area contributed by atoms with E-state index in [1.165, 1.54) is 17.4 Å². The second kappa shape index (κ2) is 8.01. The molecule has 0 saturated carbocycles. The number of hydrogen-bond donors (Lipinski definition) is 1. The fraction of sp³-hybridized carbons (Fsp3) is 0.150. The number of Topliss-reactive ketones (excluding diaryl/α,β-unsaturated/α-hetero) is 1. The van der Waals surface area contributed by atoms with Crippen molar-refractivity contribution in [3.63, 3.8) is 0 Å². The van der Waals surface area contributed by atoms with E-state index in [-0.39, 0.29) is 24.4 Å². The van der Waals surface area contributed by atoms with Crippen LogP contribution in [0.5, 0.6) is 0 Å². The lowest BCUT2D eigenvalue weighted by atomic mass is 9.93. The predicted octanol–water partition coefficient (Wildman–Crippen LogP) is 4.32. The lowest BCUT2D eigenvalue weighted by Crippen LogP contribution is -2.17. The van der Waals surface area contributed by atoms with Crippen LogP contribution >= 0.6 is 11.3 Å². The van der Waals surface area contributed by atoms with E-state index in [0.29, 0.717) is 21.8 Å². The summed E-state index contributed by atoms with van der Waals surface area (Å²) < 4.78 is 13.8. The highest BCUT2D eigenvalue weighted by Crippen LogP contribution is 2.27. The Morgan fingerprint density at radius 2 is 1.77 bits per heavy atom. The fourth-order valence-corrected chi connectivity index (χ4v) is 3.53. The average molecular weight is 369 g/mol. The number of carboxylic acids is 1. The number of nitrogens with zero attached hydrogens (tertiary/aromatic N) is 1. The third-order valence-corrected chi connectivity index (χ3v) is 4.89. The molecule has 0 spiro atoms. The van der Waals surface area contributed by atoms with Crippen molar-refractivity contribution in [2.45, 2.75) is 18.8 Å². The molecule has 0 aliphatic heterocycles. The SMILES string of the molecule is O=C(Cc1csc(-c2ccccc2F)n1)C[C@@H](C(=O)O)c1ccccc1. The zero-order chi connectivity index (χ0) is 18.5. The van der Waals surface area contributed by atoms with Crippen LogP contribution in [0.15, 0.2) is 60.0 Å². The van der Waals surface area contributed by atoms with Gasteiger partial charge in [0, 0.05) is 23.8 Å². The molecule has 6 heteroatoms. The lowest BCUT2D eigenvalue weighted by Gasteiger charge is -2.11. The van der Waals surface area contributed by atoms with E-state index < -0.39 is 11.9 Å². The van der Waals surface area contributed by atoms with Crippen molar-refractivity contribution in [3.8, 4) is 10.6 Å². The Morgan fingerprint density at radius 3 is 2.46 bits per heavy atom. The molecule has 0 radical (unpaired) electrons. The molecular weight excluding hydrogens is 353 g/mol. The summed E-state index contributed by atoms with van der Waals surface area (Å²) in [6, 6.07) is 15.0. The standard InChI is InChI=1S/C20H16FNO3S/c21-18-9-5-4-8-16(18)19-22-14(12-26-19)10-15(23)11-17(20(24)25)13-6-2-1-3-7-13/h1-9,12,17H,10-11H2,(H,24,25)/t17-/m1/s1. The minimum Gasteiger partial charge on any atom is -0.481 e. The van der Waals surface area contributed by atoms with Gasteiger partial charge < -0.3 is 5.11 Å². The Hall–Kier alpha value is -2.86. The van der Waals surface area contributed by atoms with E-state index in [4.69, 9.17) is 0 Å². The molecule has 1 atom stereocenters. The van der Waals surface area contributed by atoms with Crippen LogP contribution in [0.3, 0.4) is 0 Å². The number of hydrogen-bond acceptors (Lipinski definition) is 4. The summed E-state index contributed by atoms with van der Waals surface area (Å²) in [4.78, 5) is 28.2. The maximum atomic E-state index is 13.8. The van der Waals surface area contributed by atoms with Crippen molar-refractivity contribution in [3.05, 3.63) is 77.1 Å². The van der Waals surface area contributed by atoms with Crippen molar-refractivity contribution < 1.29 is 19.1 Å². The molecule has 0 bridgehead atoms. The first-order chi connectivity index (χ1) is 12.5. The Labute approximate surface area is 154 Å². The fourth-order valence-electron chi connectivity index (χ4n) is 2.68. The van der Waals surface area contributed by atoms with E-state index in [2.05, 4.69) is 4.98 Å². The predicted molar refractivity (Wildman–Crippen MR) is 97.7 cm³/mol. The van der Waals surface area contributed by atoms with Gasteiger partial charge in [0.25, 0.3) is 0 Å². The summed E-state index contributed by atoms with van der Waals surface area (Å²) in [6.07, 6.45) is -0.0759. The van der Waals surface area contributed by atoms with E-state index in [0.717, 1.165) is 0 Å². The van der Waals surface area contributed by atoms with Crippen LogP contribution in [-0.2, 0) is 16.0 Å². The molecular formula is C20H16FNO3S. The molecule has 0 saturated heterocycles. The second-order valence-electron chi connectivity index (χ2n) is 5.84. The number of carboxylic acid groups (broad SMARTS) is 1. The first kappa shape index (κ1) is 17.9. The van der Waals surface area contributed by atoms with Crippen molar-refractivity contribution in [1.29, 1.82) is 0 Å². The van der Waals surface area contributed by atoms with Crippen LogP contribution in [-0.4, -0.2) is 21.8 Å². The molecule has 3 rings (SSSR count). The number of rotatable bonds is 7. The van der Waals surface area contributed by atoms with Crippen LogP contribution in [0.1, 0.15) is 23.6 Å². The van der Waals surface area contributed by atoms with Crippen molar-refractivity contribution in [1.82, 2.24) is 4.98 Å². The maximum absolute atomic E-state index is 13.8. The smallest absolute Gasteiger partial charge is 0.311 e. The van der Waals surface area contributed by atoms with Crippen LogP contribution in [0.2, 0.25) is 0 Å². The van der Waals surface area contributed by atoms with Gasteiger partial charge in [-0.25, -0.2) is 9.37 Å². The van der Waals surface area contributed by atoms with Gasteiger partial charge in [-0.05, 0) is 17.7 Å². The van der Waals surface area contributed by atoms with Crippen LogP contribution in [0.4, 0.5) is 4.39 Å². The number of ketones is 1. The van der Waals surface area contributed by atoms with Gasteiger partial charge in [-0.3, -0.25) is 9.59 Å². The number of thiazole rings is 1. The highest BCUT2D eigenvalue weighted by molar-refractivity contribution is 7.13. The number of benzene rings is 2. The molecule has 0 aliphatic carbocycles. The van der Waals surface area contributed by atoms with Crippen molar-refractivity contribution >= 4 is 23.1 Å². The molecule has 0 aliphatic rings. The molecule has 0 amide bonds. The summed E-state index contributed by atoms with van der Waals surface area (Å²) in [6.45, 7) is 0. The molecule has 3 aromatic rings. The maximum Gasteiger partial charge on any atom is 0.311 e. The Bertz CT molecular complexity index is 924. The molecule has 4 nitrogen and oxygen atoms in total. The summed E-state index contributed by atoms with van der Waals surface area (Å²) in [5.41, 5.74) is 1.51. The summed E-state index contributed by atoms with van der Waals surface area (Å²) >= 11 is 1.26. The molecule has 26 heavy (non-hydrogen) atoms. The van der Waals surface area contributed by atoms with E-state index in [9.17, 15) is 19.1 Å².